The molecule has 0 aromatic carbocycles. The van der Waals surface area contributed by atoms with Crippen molar-refractivity contribution in [1.82, 2.24) is 25.3 Å². The van der Waals surface area contributed by atoms with Crippen LogP contribution in [0.3, 0.4) is 0 Å². The molecule has 0 fully saturated rings. The van der Waals surface area contributed by atoms with Crippen molar-refractivity contribution in [3.05, 3.63) is 11.6 Å². The lowest BCUT2D eigenvalue weighted by Gasteiger charge is -2.09. The van der Waals surface area contributed by atoms with E-state index < -0.39 is 0 Å². The van der Waals surface area contributed by atoms with E-state index in [1.807, 2.05) is 13.8 Å². The van der Waals surface area contributed by atoms with Crippen LogP contribution >= 0.6 is 11.6 Å². The van der Waals surface area contributed by atoms with Gasteiger partial charge in [-0.2, -0.15) is 9.97 Å². The minimum Gasteiger partial charge on any atom is -0.359 e. The van der Waals surface area contributed by atoms with E-state index in [1.54, 1.807) is 0 Å². The van der Waals surface area contributed by atoms with Gasteiger partial charge >= 0.3 is 0 Å². The van der Waals surface area contributed by atoms with Gasteiger partial charge in [0.1, 0.15) is 5.52 Å². The first-order chi connectivity index (χ1) is 8.56. The molecule has 0 aliphatic carbocycles. The number of rotatable bonds is 4. The summed E-state index contributed by atoms with van der Waals surface area (Å²) < 4.78 is 0. The van der Waals surface area contributed by atoms with Crippen LogP contribution in [0.25, 0.3) is 11.2 Å². The predicted molar refractivity (Wildman–Crippen MR) is 68.5 cm³/mol. The third-order valence-electron chi connectivity index (χ3n) is 2.12. The number of amides is 1. The lowest BCUT2D eigenvalue weighted by atomic mass is 10.4. The zero-order valence-corrected chi connectivity index (χ0v) is 10.7. The standard InChI is InChI=1S/C10H13ClN6O/c1-5(2)15-6(18)3-12-8-7-9(14-4-13-7)17-10(11)16-8/h4-5H,3H2,1-2H3,(H,15,18)(H2,12,13,14,16,17). The molecule has 0 saturated heterocycles. The molecule has 0 atom stereocenters. The Morgan fingerprint density at radius 1 is 1.50 bits per heavy atom. The maximum atomic E-state index is 11.5. The number of fused-ring (bicyclic) bond motifs is 1. The number of hydrogen-bond acceptors (Lipinski definition) is 5. The van der Waals surface area contributed by atoms with Crippen molar-refractivity contribution in [2.24, 2.45) is 0 Å². The summed E-state index contributed by atoms with van der Waals surface area (Å²) in [5, 5.41) is 5.75. The van der Waals surface area contributed by atoms with Gasteiger partial charge < -0.3 is 15.6 Å². The van der Waals surface area contributed by atoms with Crippen molar-refractivity contribution in [2.75, 3.05) is 11.9 Å². The highest BCUT2D eigenvalue weighted by molar-refractivity contribution is 6.28. The summed E-state index contributed by atoms with van der Waals surface area (Å²) in [5.74, 6) is 0.341. The average Bonchev–Trinajstić information content (AvgIpc) is 2.72. The number of aromatic nitrogens is 4. The number of hydrogen-bond donors (Lipinski definition) is 3. The van der Waals surface area contributed by atoms with Gasteiger partial charge in [0.15, 0.2) is 11.5 Å². The monoisotopic (exact) mass is 268 g/mol. The van der Waals surface area contributed by atoms with Gasteiger partial charge in [0, 0.05) is 6.04 Å². The molecule has 0 saturated carbocycles. The molecule has 2 heterocycles. The summed E-state index contributed by atoms with van der Waals surface area (Å²) in [6, 6.07) is 0.0976. The Morgan fingerprint density at radius 2 is 2.28 bits per heavy atom. The largest absolute Gasteiger partial charge is 0.359 e. The summed E-state index contributed by atoms with van der Waals surface area (Å²) in [4.78, 5) is 26.3. The molecule has 18 heavy (non-hydrogen) atoms. The van der Waals surface area contributed by atoms with Gasteiger partial charge in [-0.05, 0) is 25.4 Å². The summed E-state index contributed by atoms with van der Waals surface area (Å²) in [7, 11) is 0. The molecule has 0 radical (unpaired) electrons. The summed E-state index contributed by atoms with van der Waals surface area (Å²) in [6.45, 7) is 3.90. The lowest BCUT2D eigenvalue weighted by Crippen LogP contribution is -2.35. The molecular weight excluding hydrogens is 256 g/mol. The molecule has 1 amide bonds. The Balaban J connectivity index is 2.11. The van der Waals surface area contributed by atoms with Crippen LogP contribution in [0.4, 0.5) is 5.82 Å². The van der Waals surface area contributed by atoms with Crippen molar-refractivity contribution in [1.29, 1.82) is 0 Å². The zero-order valence-electron chi connectivity index (χ0n) is 9.99. The van der Waals surface area contributed by atoms with Crippen LogP contribution in [-0.2, 0) is 4.79 Å². The van der Waals surface area contributed by atoms with Gasteiger partial charge in [0.2, 0.25) is 11.2 Å². The van der Waals surface area contributed by atoms with Crippen molar-refractivity contribution in [2.45, 2.75) is 19.9 Å². The maximum absolute atomic E-state index is 11.5. The highest BCUT2D eigenvalue weighted by atomic mass is 35.5. The third-order valence-corrected chi connectivity index (χ3v) is 2.29. The highest BCUT2D eigenvalue weighted by Gasteiger charge is 2.10. The quantitative estimate of drug-likeness (QED) is 0.718. The minimum absolute atomic E-state index is 0.0846. The second-order valence-electron chi connectivity index (χ2n) is 4.02. The first-order valence-electron chi connectivity index (χ1n) is 5.46. The van der Waals surface area contributed by atoms with Gasteiger partial charge in [-0.25, -0.2) is 4.98 Å². The van der Waals surface area contributed by atoms with E-state index in [2.05, 4.69) is 30.6 Å². The van der Waals surface area contributed by atoms with E-state index in [0.29, 0.717) is 17.0 Å². The molecule has 2 aromatic heterocycles. The van der Waals surface area contributed by atoms with Gasteiger partial charge in [0.05, 0.1) is 12.9 Å². The molecule has 0 unspecified atom stereocenters. The highest BCUT2D eigenvalue weighted by Crippen LogP contribution is 2.17. The van der Waals surface area contributed by atoms with Crippen LogP contribution in [0.5, 0.6) is 0 Å². The first-order valence-corrected chi connectivity index (χ1v) is 5.84. The van der Waals surface area contributed by atoms with Gasteiger partial charge in [-0.3, -0.25) is 4.79 Å². The van der Waals surface area contributed by atoms with E-state index in [-0.39, 0.29) is 23.8 Å². The van der Waals surface area contributed by atoms with Crippen molar-refractivity contribution >= 4 is 34.5 Å². The third kappa shape index (κ3) is 2.86. The maximum Gasteiger partial charge on any atom is 0.239 e. The van der Waals surface area contributed by atoms with E-state index in [4.69, 9.17) is 11.6 Å². The number of nitrogens with one attached hydrogen (secondary N) is 3. The number of halogens is 1. The van der Waals surface area contributed by atoms with E-state index in [1.165, 1.54) is 6.33 Å². The number of nitrogens with zero attached hydrogens (tertiary/aromatic N) is 3. The molecule has 3 N–H and O–H groups in total. The second kappa shape index (κ2) is 5.18. The van der Waals surface area contributed by atoms with Crippen molar-refractivity contribution in [3.63, 3.8) is 0 Å². The minimum atomic E-state index is -0.118. The zero-order chi connectivity index (χ0) is 13.1. The molecule has 0 bridgehead atoms. The van der Waals surface area contributed by atoms with E-state index in [0.717, 1.165) is 0 Å². The molecule has 2 rings (SSSR count). The fourth-order valence-corrected chi connectivity index (χ4v) is 1.64. The van der Waals surface area contributed by atoms with E-state index >= 15 is 0 Å². The Bertz CT molecular complexity index is 566. The summed E-state index contributed by atoms with van der Waals surface area (Å²) in [6.07, 6.45) is 1.50. The molecule has 0 aliphatic rings. The number of carbonyl (C=O) groups excluding carboxylic acids is 1. The molecule has 96 valence electrons. The predicted octanol–water partition coefficient (Wildman–Crippen LogP) is 0.943. The SMILES string of the molecule is CC(C)NC(=O)CNc1nc(Cl)nc2nc[nH]c12. The van der Waals surface area contributed by atoms with Crippen LogP contribution in [0, 0.1) is 0 Å². The fraction of sp³-hybridized carbons (Fsp3) is 0.400. The molecular formula is C10H13ClN6O. The molecule has 8 heteroatoms. The molecule has 0 spiro atoms. The number of anilines is 1. The normalized spacial score (nSPS) is 10.9. The van der Waals surface area contributed by atoms with Crippen LogP contribution in [0.2, 0.25) is 5.28 Å². The lowest BCUT2D eigenvalue weighted by molar-refractivity contribution is -0.119. The second-order valence-corrected chi connectivity index (χ2v) is 4.36. The summed E-state index contributed by atoms with van der Waals surface area (Å²) in [5.41, 5.74) is 1.08. The smallest absolute Gasteiger partial charge is 0.239 e. The number of carbonyl (C=O) groups is 1. The Kier molecular flexibility index (Phi) is 3.61. The number of aromatic amines is 1. The Labute approximate surface area is 108 Å². The first kappa shape index (κ1) is 12.6. The van der Waals surface area contributed by atoms with E-state index in [9.17, 15) is 4.79 Å². The topological polar surface area (TPSA) is 95.6 Å². The number of H-pyrrole nitrogens is 1. The van der Waals surface area contributed by atoms with Gasteiger partial charge in [0.25, 0.3) is 0 Å². The average molecular weight is 269 g/mol. The summed E-state index contributed by atoms with van der Waals surface area (Å²) >= 11 is 5.76. The Hall–Kier alpha value is -1.89. The molecule has 0 aliphatic heterocycles. The van der Waals surface area contributed by atoms with Gasteiger partial charge in [-0.15, -0.1) is 0 Å². The number of imidazole rings is 1. The molecule has 2 aromatic rings. The van der Waals surface area contributed by atoms with Crippen LogP contribution < -0.4 is 10.6 Å². The van der Waals surface area contributed by atoms with Crippen LogP contribution in [0.1, 0.15) is 13.8 Å². The Morgan fingerprint density at radius 3 is 3.00 bits per heavy atom. The van der Waals surface area contributed by atoms with Crippen molar-refractivity contribution < 1.29 is 4.79 Å². The van der Waals surface area contributed by atoms with Crippen LogP contribution in [-0.4, -0.2) is 38.4 Å². The fourth-order valence-electron chi connectivity index (χ4n) is 1.47. The van der Waals surface area contributed by atoms with Crippen LogP contribution in [0.15, 0.2) is 6.33 Å². The molecule has 7 nitrogen and oxygen atoms in total. The van der Waals surface area contributed by atoms with Gasteiger partial charge in [-0.1, -0.05) is 0 Å². The van der Waals surface area contributed by atoms with Crippen molar-refractivity contribution in [3.8, 4) is 0 Å².